The normalized spacial score (nSPS) is 14.0. The van der Waals surface area contributed by atoms with Crippen LogP contribution < -0.4 is 10.4 Å². The Morgan fingerprint density at radius 3 is 3.00 bits per heavy atom. The highest BCUT2D eigenvalue weighted by atomic mass is 32.1. The average molecular weight is 372 g/mol. The van der Waals surface area contributed by atoms with E-state index in [1.807, 2.05) is 17.5 Å². The monoisotopic (exact) mass is 372 g/mol. The van der Waals surface area contributed by atoms with Crippen LogP contribution in [0.3, 0.4) is 0 Å². The summed E-state index contributed by atoms with van der Waals surface area (Å²) in [4.78, 5) is 30.0. The Labute approximate surface area is 152 Å². The van der Waals surface area contributed by atoms with Crippen LogP contribution in [0.1, 0.15) is 5.01 Å². The number of hydrogen-bond acceptors (Lipinski definition) is 7. The number of hydrogen-bond donors (Lipinski definition) is 0. The fourth-order valence-electron chi connectivity index (χ4n) is 2.87. The predicted molar refractivity (Wildman–Crippen MR) is 96.8 cm³/mol. The smallest absolute Gasteiger partial charge is 0.409 e. The van der Waals surface area contributed by atoms with Crippen molar-refractivity contribution in [3.05, 3.63) is 45.1 Å². The lowest BCUT2D eigenvalue weighted by atomic mass is 10.1. The Morgan fingerprint density at radius 1 is 1.35 bits per heavy atom. The van der Waals surface area contributed by atoms with Gasteiger partial charge in [-0.05, 0) is 12.1 Å². The molecule has 7 nitrogen and oxygen atoms in total. The van der Waals surface area contributed by atoms with Crippen molar-refractivity contribution in [1.82, 2.24) is 9.88 Å². The molecule has 0 bridgehead atoms. The maximum absolute atomic E-state index is 12.4. The van der Waals surface area contributed by atoms with Gasteiger partial charge in [-0.2, -0.15) is 0 Å². The second kappa shape index (κ2) is 6.80. The SMILES string of the molecule is COc1cccc2cc(-c3csc(CCN4CCOC4=O)n3)c(=O)oc12. The molecule has 1 amide bonds. The van der Waals surface area contributed by atoms with E-state index in [4.69, 9.17) is 13.9 Å². The van der Waals surface area contributed by atoms with Gasteiger partial charge in [-0.3, -0.25) is 0 Å². The molecule has 0 radical (unpaired) electrons. The summed E-state index contributed by atoms with van der Waals surface area (Å²) < 4.78 is 15.6. The summed E-state index contributed by atoms with van der Waals surface area (Å²) in [7, 11) is 1.53. The number of carbonyl (C=O) groups is 1. The Kier molecular flexibility index (Phi) is 4.34. The summed E-state index contributed by atoms with van der Waals surface area (Å²) in [5.41, 5.74) is 0.954. The molecule has 0 N–H and O–H groups in total. The first-order valence-electron chi connectivity index (χ1n) is 8.13. The zero-order valence-corrected chi connectivity index (χ0v) is 14.9. The third-order valence-corrected chi connectivity index (χ3v) is 5.12. The van der Waals surface area contributed by atoms with Crippen LogP contribution in [0.4, 0.5) is 4.79 Å². The molecule has 1 aliphatic heterocycles. The van der Waals surface area contributed by atoms with Crippen molar-refractivity contribution in [3.8, 4) is 17.0 Å². The second-order valence-corrected chi connectivity index (χ2v) is 6.75. The van der Waals surface area contributed by atoms with Crippen LogP contribution in [-0.2, 0) is 11.2 Å². The topological polar surface area (TPSA) is 81.9 Å². The van der Waals surface area contributed by atoms with E-state index in [0.29, 0.717) is 48.7 Å². The molecule has 0 atom stereocenters. The van der Waals surface area contributed by atoms with Crippen molar-refractivity contribution < 1.29 is 18.7 Å². The van der Waals surface area contributed by atoms with Crippen molar-refractivity contribution in [3.63, 3.8) is 0 Å². The van der Waals surface area contributed by atoms with Crippen molar-refractivity contribution in [2.24, 2.45) is 0 Å². The van der Waals surface area contributed by atoms with Gasteiger partial charge in [-0.25, -0.2) is 14.6 Å². The minimum absolute atomic E-state index is 0.286. The first-order chi connectivity index (χ1) is 12.7. The second-order valence-electron chi connectivity index (χ2n) is 5.80. The molecule has 0 unspecified atom stereocenters. The van der Waals surface area contributed by atoms with Gasteiger partial charge in [0.25, 0.3) is 0 Å². The summed E-state index contributed by atoms with van der Waals surface area (Å²) in [6.07, 6.45) is 0.331. The molecule has 3 heterocycles. The Bertz CT molecular complexity index is 1030. The van der Waals surface area contributed by atoms with Gasteiger partial charge in [0.15, 0.2) is 11.3 Å². The van der Waals surface area contributed by atoms with E-state index < -0.39 is 5.63 Å². The van der Waals surface area contributed by atoms with Gasteiger partial charge in [-0.15, -0.1) is 11.3 Å². The number of rotatable bonds is 5. The van der Waals surface area contributed by atoms with E-state index in [2.05, 4.69) is 4.98 Å². The molecule has 2 aromatic heterocycles. The molecule has 0 aliphatic carbocycles. The molecular formula is C18H16N2O5S. The zero-order chi connectivity index (χ0) is 18.1. The number of thiazole rings is 1. The summed E-state index contributed by atoms with van der Waals surface area (Å²) in [5.74, 6) is 0.516. The third-order valence-electron chi connectivity index (χ3n) is 4.21. The van der Waals surface area contributed by atoms with Crippen molar-refractivity contribution in [2.45, 2.75) is 6.42 Å². The zero-order valence-electron chi connectivity index (χ0n) is 14.1. The number of aromatic nitrogens is 1. The molecule has 134 valence electrons. The molecular weight excluding hydrogens is 356 g/mol. The van der Waals surface area contributed by atoms with E-state index in [0.717, 1.165) is 10.4 Å². The predicted octanol–water partition coefficient (Wildman–Crippen LogP) is 2.92. The summed E-state index contributed by atoms with van der Waals surface area (Å²) in [5, 5.41) is 3.45. The van der Waals surface area contributed by atoms with Gasteiger partial charge >= 0.3 is 11.7 Å². The van der Waals surface area contributed by atoms with E-state index in [1.165, 1.54) is 18.4 Å². The fraction of sp³-hybridized carbons (Fsp3) is 0.278. The lowest BCUT2D eigenvalue weighted by Crippen LogP contribution is -2.26. The van der Waals surface area contributed by atoms with E-state index >= 15 is 0 Å². The van der Waals surface area contributed by atoms with Crippen molar-refractivity contribution >= 4 is 28.4 Å². The number of amides is 1. The standard InChI is InChI=1S/C18H16N2O5S/c1-23-14-4-2-3-11-9-12(17(21)25-16(11)14)13-10-26-15(19-13)5-6-20-7-8-24-18(20)22/h2-4,9-10H,5-8H2,1H3. The molecule has 26 heavy (non-hydrogen) atoms. The highest BCUT2D eigenvalue weighted by molar-refractivity contribution is 7.09. The Morgan fingerprint density at radius 2 is 2.23 bits per heavy atom. The van der Waals surface area contributed by atoms with Crippen molar-refractivity contribution in [1.29, 1.82) is 0 Å². The van der Waals surface area contributed by atoms with Gasteiger partial charge in [0.1, 0.15) is 6.61 Å². The number of cyclic esters (lactones) is 1. The quantitative estimate of drug-likeness (QED) is 0.641. The Hall–Kier alpha value is -2.87. The minimum Gasteiger partial charge on any atom is -0.493 e. The third kappa shape index (κ3) is 3.03. The van der Waals surface area contributed by atoms with E-state index in [9.17, 15) is 9.59 Å². The average Bonchev–Trinajstić information content (AvgIpc) is 3.27. The molecule has 3 aromatic rings. The van der Waals surface area contributed by atoms with Crippen LogP contribution in [0, 0.1) is 0 Å². The lowest BCUT2D eigenvalue weighted by Gasteiger charge is -2.10. The first kappa shape index (κ1) is 16.6. The molecule has 8 heteroatoms. The molecule has 0 spiro atoms. The van der Waals surface area contributed by atoms with Gasteiger partial charge in [0, 0.05) is 23.7 Å². The number of fused-ring (bicyclic) bond motifs is 1. The summed E-state index contributed by atoms with van der Waals surface area (Å²) in [6.45, 7) is 1.59. The molecule has 1 aliphatic rings. The number of ether oxygens (including phenoxy) is 2. The van der Waals surface area contributed by atoms with Gasteiger partial charge in [0.05, 0.1) is 29.9 Å². The maximum Gasteiger partial charge on any atom is 0.409 e. The van der Waals surface area contributed by atoms with Crippen LogP contribution in [0.5, 0.6) is 5.75 Å². The highest BCUT2D eigenvalue weighted by Gasteiger charge is 2.22. The van der Waals surface area contributed by atoms with Crippen LogP contribution in [0.15, 0.2) is 38.9 Å². The van der Waals surface area contributed by atoms with Crippen molar-refractivity contribution in [2.75, 3.05) is 26.8 Å². The van der Waals surface area contributed by atoms with Crippen LogP contribution in [-0.4, -0.2) is 42.8 Å². The number of methoxy groups -OCH3 is 1. The van der Waals surface area contributed by atoms with Crippen LogP contribution >= 0.6 is 11.3 Å². The van der Waals surface area contributed by atoms with E-state index in [-0.39, 0.29) is 6.09 Å². The number of carbonyl (C=O) groups excluding carboxylic acids is 1. The molecule has 4 rings (SSSR count). The molecule has 1 aromatic carbocycles. The van der Waals surface area contributed by atoms with Crippen LogP contribution in [0.2, 0.25) is 0 Å². The maximum atomic E-state index is 12.4. The summed E-state index contributed by atoms with van der Waals surface area (Å²) >= 11 is 1.46. The number of benzene rings is 1. The Balaban J connectivity index is 1.60. The fourth-order valence-corrected chi connectivity index (χ4v) is 3.65. The lowest BCUT2D eigenvalue weighted by molar-refractivity contribution is 0.159. The molecule has 0 saturated carbocycles. The molecule has 1 fully saturated rings. The van der Waals surface area contributed by atoms with Gasteiger partial charge in [0.2, 0.25) is 0 Å². The molecule has 1 saturated heterocycles. The van der Waals surface area contributed by atoms with Crippen LogP contribution in [0.25, 0.3) is 22.2 Å². The first-order valence-corrected chi connectivity index (χ1v) is 9.01. The highest BCUT2D eigenvalue weighted by Crippen LogP contribution is 2.28. The summed E-state index contributed by atoms with van der Waals surface area (Å²) in [6, 6.07) is 7.21. The minimum atomic E-state index is -0.457. The van der Waals surface area contributed by atoms with E-state index in [1.54, 1.807) is 17.0 Å². The van der Waals surface area contributed by atoms with Gasteiger partial charge in [-0.1, -0.05) is 12.1 Å². The number of para-hydroxylation sites is 1. The largest absolute Gasteiger partial charge is 0.493 e. The van der Waals surface area contributed by atoms with Gasteiger partial charge < -0.3 is 18.8 Å². The number of nitrogens with zero attached hydrogens (tertiary/aromatic N) is 2.